The van der Waals surface area contributed by atoms with Gasteiger partial charge in [-0.15, -0.1) is 0 Å². The SMILES string of the molecule is CCCC/C=C\CCOC(CCC(=O)OCCCCCCCBr)OCC/C=C\CCCC. The fraction of sp³-hybridized carbons (Fsp3) is 0.815. The van der Waals surface area contributed by atoms with E-state index in [1.54, 1.807) is 0 Å². The van der Waals surface area contributed by atoms with Gasteiger partial charge in [0.25, 0.3) is 0 Å². The molecule has 0 fully saturated rings. The third-order valence-electron chi connectivity index (χ3n) is 5.08. The van der Waals surface area contributed by atoms with Crippen molar-refractivity contribution in [2.24, 2.45) is 0 Å². The van der Waals surface area contributed by atoms with Crippen molar-refractivity contribution in [1.82, 2.24) is 0 Å². The molecule has 0 saturated heterocycles. The monoisotopic (exact) mass is 516 g/mol. The van der Waals surface area contributed by atoms with Crippen LogP contribution in [-0.4, -0.2) is 37.4 Å². The van der Waals surface area contributed by atoms with E-state index < -0.39 is 0 Å². The number of rotatable bonds is 24. The highest BCUT2D eigenvalue weighted by Crippen LogP contribution is 2.10. The molecule has 5 heteroatoms. The molecule has 0 amide bonds. The van der Waals surface area contributed by atoms with Crippen LogP contribution < -0.4 is 0 Å². The molecule has 0 heterocycles. The summed E-state index contributed by atoms with van der Waals surface area (Å²) < 4.78 is 17.2. The Balaban J connectivity index is 4.11. The minimum absolute atomic E-state index is 0.151. The molecule has 0 aliphatic carbocycles. The molecule has 32 heavy (non-hydrogen) atoms. The minimum Gasteiger partial charge on any atom is -0.466 e. The highest BCUT2D eigenvalue weighted by Gasteiger charge is 2.13. The molecule has 0 atom stereocenters. The zero-order chi connectivity index (χ0) is 23.5. The number of alkyl halides is 1. The normalized spacial score (nSPS) is 11.9. The molecule has 188 valence electrons. The van der Waals surface area contributed by atoms with Gasteiger partial charge in [0, 0.05) is 11.8 Å². The van der Waals surface area contributed by atoms with Crippen molar-refractivity contribution in [2.45, 2.75) is 116 Å². The number of halogens is 1. The predicted octanol–water partition coefficient (Wildman–Crippen LogP) is 8.29. The molecule has 0 aromatic rings. The Hall–Kier alpha value is -0.650. The summed E-state index contributed by atoms with van der Waals surface area (Å²) in [6.07, 6.45) is 23.9. The van der Waals surface area contributed by atoms with E-state index in [1.807, 2.05) is 0 Å². The lowest BCUT2D eigenvalue weighted by atomic mass is 10.2. The Morgan fingerprint density at radius 2 is 1.25 bits per heavy atom. The molecular weight excluding hydrogens is 468 g/mol. The highest BCUT2D eigenvalue weighted by atomic mass is 79.9. The lowest BCUT2D eigenvalue weighted by Crippen LogP contribution is -2.20. The zero-order valence-corrected chi connectivity index (χ0v) is 22.4. The summed E-state index contributed by atoms with van der Waals surface area (Å²) in [5.41, 5.74) is 0. The van der Waals surface area contributed by atoms with E-state index in [0.29, 0.717) is 32.7 Å². The van der Waals surface area contributed by atoms with Crippen LogP contribution in [-0.2, 0) is 19.0 Å². The maximum absolute atomic E-state index is 12.1. The highest BCUT2D eigenvalue weighted by molar-refractivity contribution is 9.09. The summed E-state index contributed by atoms with van der Waals surface area (Å²) in [4.78, 5) is 12.1. The first-order valence-electron chi connectivity index (χ1n) is 13.0. The molecule has 0 aromatic carbocycles. The van der Waals surface area contributed by atoms with E-state index >= 15 is 0 Å². The summed E-state index contributed by atoms with van der Waals surface area (Å²) in [5, 5.41) is 1.07. The van der Waals surface area contributed by atoms with Crippen LogP contribution >= 0.6 is 15.9 Å². The van der Waals surface area contributed by atoms with Gasteiger partial charge in [0.15, 0.2) is 6.29 Å². The van der Waals surface area contributed by atoms with Gasteiger partial charge < -0.3 is 14.2 Å². The summed E-state index contributed by atoms with van der Waals surface area (Å²) >= 11 is 3.45. The van der Waals surface area contributed by atoms with Crippen LogP contribution in [0.1, 0.15) is 110 Å². The van der Waals surface area contributed by atoms with E-state index in [-0.39, 0.29) is 12.3 Å². The zero-order valence-electron chi connectivity index (χ0n) is 20.8. The first-order valence-corrected chi connectivity index (χ1v) is 14.1. The third kappa shape index (κ3) is 24.0. The average molecular weight is 518 g/mol. The second kappa shape index (κ2) is 26.6. The Labute approximate surface area is 206 Å². The second-order valence-electron chi connectivity index (χ2n) is 8.19. The molecule has 0 spiro atoms. The van der Waals surface area contributed by atoms with Crippen molar-refractivity contribution in [3.8, 4) is 0 Å². The Kier molecular flexibility index (Phi) is 26.1. The lowest BCUT2D eigenvalue weighted by molar-refractivity contribution is -0.158. The van der Waals surface area contributed by atoms with Gasteiger partial charge in [-0.05, 0) is 38.5 Å². The van der Waals surface area contributed by atoms with Gasteiger partial charge in [0.2, 0.25) is 0 Å². The Morgan fingerprint density at radius 1 is 0.719 bits per heavy atom. The molecule has 0 aliphatic heterocycles. The van der Waals surface area contributed by atoms with Gasteiger partial charge >= 0.3 is 5.97 Å². The van der Waals surface area contributed by atoms with Crippen LogP contribution in [0.2, 0.25) is 0 Å². The molecule has 0 aliphatic rings. The summed E-state index contributed by atoms with van der Waals surface area (Å²) in [6, 6.07) is 0. The third-order valence-corrected chi connectivity index (χ3v) is 5.64. The topological polar surface area (TPSA) is 44.8 Å². The Bertz CT molecular complexity index is 427. The van der Waals surface area contributed by atoms with Crippen LogP contribution in [0.25, 0.3) is 0 Å². The van der Waals surface area contributed by atoms with Gasteiger partial charge in [-0.1, -0.05) is 99.0 Å². The van der Waals surface area contributed by atoms with Crippen LogP contribution in [0.4, 0.5) is 0 Å². The fourth-order valence-electron chi connectivity index (χ4n) is 3.09. The van der Waals surface area contributed by atoms with Crippen molar-refractivity contribution in [3.63, 3.8) is 0 Å². The lowest BCUT2D eigenvalue weighted by Gasteiger charge is -2.18. The van der Waals surface area contributed by atoms with Crippen molar-refractivity contribution in [3.05, 3.63) is 24.3 Å². The van der Waals surface area contributed by atoms with Gasteiger partial charge in [-0.25, -0.2) is 0 Å². The molecular formula is C27H49BrO4. The summed E-state index contributed by atoms with van der Waals surface area (Å²) in [7, 11) is 0. The maximum Gasteiger partial charge on any atom is 0.305 e. The number of carbonyl (C=O) groups excluding carboxylic acids is 1. The molecule has 0 unspecified atom stereocenters. The van der Waals surface area contributed by atoms with Gasteiger partial charge in [0.05, 0.1) is 26.2 Å². The average Bonchev–Trinajstić information content (AvgIpc) is 2.80. The number of ether oxygens (including phenoxy) is 3. The largest absolute Gasteiger partial charge is 0.466 e. The van der Waals surface area contributed by atoms with Crippen LogP contribution in [0.5, 0.6) is 0 Å². The standard InChI is InChI=1S/C27H49BrO4/c1-3-5-7-9-13-18-24-31-27(32-25-19-14-10-8-6-4-2)21-20-26(29)30-23-17-15-11-12-16-22-28/h9-10,13-14,27H,3-8,11-12,15-25H2,1-2H3/b13-9-,14-10-. The number of unbranched alkanes of at least 4 members (excludes halogenated alkanes) is 8. The smallest absolute Gasteiger partial charge is 0.305 e. The van der Waals surface area contributed by atoms with Gasteiger partial charge in [-0.2, -0.15) is 0 Å². The van der Waals surface area contributed by atoms with Crippen molar-refractivity contribution >= 4 is 21.9 Å². The van der Waals surface area contributed by atoms with Crippen LogP contribution in [0, 0.1) is 0 Å². The molecule has 0 aromatic heterocycles. The number of allylic oxidation sites excluding steroid dienone is 2. The number of hydrogen-bond acceptors (Lipinski definition) is 4. The predicted molar refractivity (Wildman–Crippen MR) is 139 cm³/mol. The molecule has 4 nitrogen and oxygen atoms in total. The maximum atomic E-state index is 12.1. The number of carbonyl (C=O) groups is 1. The molecule has 0 radical (unpaired) electrons. The quantitative estimate of drug-likeness (QED) is 0.0425. The van der Waals surface area contributed by atoms with Crippen molar-refractivity contribution in [2.75, 3.05) is 25.2 Å². The first-order chi connectivity index (χ1) is 15.7. The van der Waals surface area contributed by atoms with E-state index in [4.69, 9.17) is 14.2 Å². The molecule has 0 rings (SSSR count). The Morgan fingerprint density at radius 3 is 1.81 bits per heavy atom. The summed E-state index contributed by atoms with van der Waals surface area (Å²) in [6.45, 7) is 6.15. The second-order valence-corrected chi connectivity index (χ2v) is 8.98. The molecule has 0 N–H and O–H groups in total. The van der Waals surface area contributed by atoms with E-state index in [2.05, 4.69) is 54.1 Å². The van der Waals surface area contributed by atoms with E-state index in [0.717, 1.165) is 43.9 Å². The van der Waals surface area contributed by atoms with Crippen molar-refractivity contribution in [1.29, 1.82) is 0 Å². The molecule has 0 saturated carbocycles. The number of hydrogen-bond donors (Lipinski definition) is 0. The first kappa shape index (κ1) is 31.4. The van der Waals surface area contributed by atoms with Crippen molar-refractivity contribution < 1.29 is 19.0 Å². The summed E-state index contributed by atoms with van der Waals surface area (Å²) in [5.74, 6) is -0.151. The van der Waals surface area contributed by atoms with Crippen LogP contribution in [0.15, 0.2) is 24.3 Å². The minimum atomic E-state index is -0.347. The van der Waals surface area contributed by atoms with Gasteiger partial charge in [0.1, 0.15) is 0 Å². The van der Waals surface area contributed by atoms with Gasteiger partial charge in [-0.3, -0.25) is 4.79 Å². The number of esters is 1. The fourth-order valence-corrected chi connectivity index (χ4v) is 3.48. The van der Waals surface area contributed by atoms with E-state index in [9.17, 15) is 4.79 Å². The van der Waals surface area contributed by atoms with E-state index in [1.165, 1.54) is 44.9 Å². The molecule has 0 bridgehead atoms. The van der Waals surface area contributed by atoms with Crippen LogP contribution in [0.3, 0.4) is 0 Å².